The van der Waals surface area contributed by atoms with Crippen LogP contribution in [0.25, 0.3) is 10.2 Å². The van der Waals surface area contributed by atoms with Crippen molar-refractivity contribution in [2.45, 2.75) is 44.4 Å². The molecule has 2 aliphatic heterocycles. The number of piperidine rings is 1. The van der Waals surface area contributed by atoms with Gasteiger partial charge in [0.25, 0.3) is 0 Å². The van der Waals surface area contributed by atoms with Crippen LogP contribution in [0.15, 0.2) is 12.4 Å². The molecular formula is C21H27F3N4OS. The third-order valence-corrected chi connectivity index (χ3v) is 8.06. The largest absolute Gasteiger partial charge is 0.393 e. The van der Waals surface area contributed by atoms with E-state index < -0.39 is 12.6 Å². The maximum Gasteiger partial charge on any atom is 0.393 e. The molecule has 5 nitrogen and oxygen atoms in total. The van der Waals surface area contributed by atoms with Gasteiger partial charge in [0.2, 0.25) is 0 Å². The highest BCUT2D eigenvalue weighted by atomic mass is 32.1. The van der Waals surface area contributed by atoms with Gasteiger partial charge in [-0.1, -0.05) is 0 Å². The van der Waals surface area contributed by atoms with Crippen LogP contribution in [0.5, 0.6) is 0 Å². The second kappa shape index (κ2) is 7.60. The van der Waals surface area contributed by atoms with Gasteiger partial charge < -0.3 is 14.5 Å². The predicted octanol–water partition coefficient (Wildman–Crippen LogP) is 4.12. The van der Waals surface area contributed by atoms with Crippen LogP contribution < -0.4 is 4.90 Å². The van der Waals surface area contributed by atoms with E-state index in [2.05, 4.69) is 19.8 Å². The Morgan fingerprint density at radius 3 is 2.60 bits per heavy atom. The summed E-state index contributed by atoms with van der Waals surface area (Å²) in [5, 5.41) is 0.755. The van der Waals surface area contributed by atoms with Crippen molar-refractivity contribution in [2.75, 3.05) is 44.7 Å². The van der Waals surface area contributed by atoms with Gasteiger partial charge in [0.05, 0.1) is 17.9 Å². The number of thiophene rings is 1. The van der Waals surface area contributed by atoms with Gasteiger partial charge in [-0.2, -0.15) is 13.2 Å². The zero-order valence-corrected chi connectivity index (χ0v) is 17.9. The normalized spacial score (nSPS) is 26.7. The fraction of sp³-hybridized carbons (Fsp3) is 0.714. The van der Waals surface area contributed by atoms with Crippen molar-refractivity contribution in [1.82, 2.24) is 14.9 Å². The maximum atomic E-state index is 12.8. The van der Waals surface area contributed by atoms with Crippen LogP contribution in [0.2, 0.25) is 0 Å². The number of ether oxygens (including phenoxy) is 1. The highest BCUT2D eigenvalue weighted by Gasteiger charge is 2.46. The van der Waals surface area contributed by atoms with Crippen molar-refractivity contribution in [3.8, 4) is 0 Å². The van der Waals surface area contributed by atoms with Crippen LogP contribution >= 0.6 is 11.3 Å². The van der Waals surface area contributed by atoms with Crippen LogP contribution in [0.3, 0.4) is 0 Å². The predicted molar refractivity (Wildman–Crippen MR) is 111 cm³/mol. The van der Waals surface area contributed by atoms with Crippen LogP contribution in [0.4, 0.5) is 19.0 Å². The summed E-state index contributed by atoms with van der Waals surface area (Å²) in [7, 11) is 1.80. The molecule has 1 spiro atoms. The highest BCUT2D eigenvalue weighted by Crippen LogP contribution is 2.44. The summed E-state index contributed by atoms with van der Waals surface area (Å²) >= 11 is 1.12. The Morgan fingerprint density at radius 1 is 1.20 bits per heavy atom. The number of hydrogen-bond acceptors (Lipinski definition) is 6. The first-order valence-corrected chi connectivity index (χ1v) is 11.4. The minimum absolute atomic E-state index is 0.300. The number of nitrogens with zero attached hydrogens (tertiary/aromatic N) is 4. The van der Waals surface area contributed by atoms with E-state index in [4.69, 9.17) is 4.74 Å². The van der Waals surface area contributed by atoms with Gasteiger partial charge in [-0.3, -0.25) is 0 Å². The fourth-order valence-electron chi connectivity index (χ4n) is 5.35. The maximum absolute atomic E-state index is 12.8. The molecule has 0 atom stereocenters. The Morgan fingerprint density at radius 2 is 1.93 bits per heavy atom. The Hall–Kier alpha value is -1.45. The summed E-state index contributed by atoms with van der Waals surface area (Å²) < 4.78 is 43.7. The smallest absolute Gasteiger partial charge is 0.381 e. The number of likely N-dealkylation sites (tertiary alicyclic amines) is 1. The molecule has 1 aliphatic carbocycles. The Kier molecular flexibility index (Phi) is 5.18. The number of rotatable bonds is 5. The number of hydrogen-bond donors (Lipinski definition) is 0. The summed E-state index contributed by atoms with van der Waals surface area (Å²) in [6.45, 7) is 5.33. The van der Waals surface area contributed by atoms with Gasteiger partial charge in [0.1, 0.15) is 17.0 Å². The van der Waals surface area contributed by atoms with Crippen LogP contribution in [-0.4, -0.2) is 67.0 Å². The van der Waals surface area contributed by atoms with Crippen LogP contribution in [-0.2, 0) is 11.2 Å². The minimum atomic E-state index is -4.20. The molecule has 9 heteroatoms. The molecule has 2 saturated heterocycles. The fourth-order valence-corrected chi connectivity index (χ4v) is 6.37. The summed E-state index contributed by atoms with van der Waals surface area (Å²) in [4.78, 5) is 14.4. The van der Waals surface area contributed by atoms with E-state index in [0.717, 1.165) is 54.4 Å². The standard InChI is InChI=1S/C21H27F3N4OS/c1-29-15-6-14(7-15)10-27-11-20(12-27)2-4-28(5-3-20)18-17-8-16(9-21(22,23)24)30-19(17)26-13-25-18/h8,13-15H,2-7,9-12H2,1H3. The summed E-state index contributed by atoms with van der Waals surface area (Å²) in [5.41, 5.74) is 0.406. The molecule has 164 valence electrons. The molecule has 4 heterocycles. The molecular weight excluding hydrogens is 413 g/mol. The lowest BCUT2D eigenvalue weighted by atomic mass is 9.70. The SMILES string of the molecule is COC1CC(CN2CC3(CCN(c4ncnc5sc(CC(F)(F)F)cc45)CC3)C2)C1. The monoisotopic (exact) mass is 440 g/mol. The third kappa shape index (κ3) is 4.03. The quantitative estimate of drug-likeness (QED) is 0.700. The van der Waals surface area contributed by atoms with Gasteiger partial charge in [-0.05, 0) is 43.1 Å². The van der Waals surface area contributed by atoms with Gasteiger partial charge in [-0.15, -0.1) is 11.3 Å². The van der Waals surface area contributed by atoms with Crippen molar-refractivity contribution in [2.24, 2.45) is 11.3 Å². The molecule has 0 unspecified atom stereocenters. The second-order valence-electron chi connectivity index (χ2n) is 9.27. The molecule has 0 radical (unpaired) electrons. The van der Waals surface area contributed by atoms with E-state index in [9.17, 15) is 13.2 Å². The van der Waals surface area contributed by atoms with Crippen molar-refractivity contribution >= 4 is 27.4 Å². The molecule has 0 aromatic carbocycles. The number of halogens is 3. The van der Waals surface area contributed by atoms with Crippen molar-refractivity contribution in [1.29, 1.82) is 0 Å². The first-order valence-electron chi connectivity index (χ1n) is 10.6. The van der Waals surface area contributed by atoms with Gasteiger partial charge in [0, 0.05) is 44.7 Å². The zero-order valence-electron chi connectivity index (χ0n) is 17.1. The van der Waals surface area contributed by atoms with Gasteiger partial charge in [0.15, 0.2) is 0 Å². The summed E-state index contributed by atoms with van der Waals surface area (Å²) in [6.07, 6.45) is 1.44. The average Bonchev–Trinajstić information content (AvgIpc) is 3.03. The minimum Gasteiger partial charge on any atom is -0.381 e. The lowest BCUT2D eigenvalue weighted by molar-refractivity contribution is -0.126. The molecule has 2 aromatic rings. The molecule has 30 heavy (non-hydrogen) atoms. The number of methoxy groups -OCH3 is 1. The molecule has 2 aromatic heterocycles. The Balaban J connectivity index is 1.19. The second-order valence-corrected chi connectivity index (χ2v) is 10.4. The number of fused-ring (bicyclic) bond motifs is 1. The molecule has 1 saturated carbocycles. The number of aromatic nitrogens is 2. The van der Waals surface area contributed by atoms with Crippen molar-refractivity contribution in [3.63, 3.8) is 0 Å². The Labute approximate surface area is 178 Å². The number of anilines is 1. The summed E-state index contributed by atoms with van der Waals surface area (Å²) in [6, 6.07) is 1.63. The highest BCUT2D eigenvalue weighted by molar-refractivity contribution is 7.18. The van der Waals surface area contributed by atoms with E-state index in [0.29, 0.717) is 21.2 Å². The Bertz CT molecular complexity index is 895. The topological polar surface area (TPSA) is 41.5 Å². The zero-order chi connectivity index (χ0) is 20.9. The third-order valence-electron chi connectivity index (χ3n) is 7.02. The van der Waals surface area contributed by atoms with Gasteiger partial charge >= 0.3 is 6.18 Å². The van der Waals surface area contributed by atoms with Crippen LogP contribution in [0, 0.1) is 11.3 Å². The molecule has 0 amide bonds. The van der Waals surface area contributed by atoms with E-state index >= 15 is 0 Å². The molecule has 3 aliphatic rings. The molecule has 5 rings (SSSR count). The summed E-state index contributed by atoms with van der Waals surface area (Å²) in [5.74, 6) is 1.57. The van der Waals surface area contributed by atoms with Crippen molar-refractivity contribution < 1.29 is 17.9 Å². The van der Waals surface area contributed by atoms with E-state index in [1.54, 1.807) is 13.2 Å². The lowest BCUT2D eigenvalue weighted by Crippen LogP contribution is -2.61. The van der Waals surface area contributed by atoms with E-state index in [1.165, 1.54) is 38.8 Å². The van der Waals surface area contributed by atoms with Crippen LogP contribution in [0.1, 0.15) is 30.6 Å². The van der Waals surface area contributed by atoms with Crippen molar-refractivity contribution in [3.05, 3.63) is 17.3 Å². The average molecular weight is 441 g/mol. The number of alkyl halides is 3. The lowest BCUT2D eigenvalue weighted by Gasteiger charge is -2.55. The van der Waals surface area contributed by atoms with E-state index in [-0.39, 0.29) is 0 Å². The van der Waals surface area contributed by atoms with E-state index in [1.807, 2.05) is 0 Å². The molecule has 3 fully saturated rings. The first kappa shape index (κ1) is 20.5. The molecule has 0 bridgehead atoms. The molecule has 0 N–H and O–H groups in total. The van der Waals surface area contributed by atoms with Gasteiger partial charge in [-0.25, -0.2) is 9.97 Å². The first-order chi connectivity index (χ1) is 14.3.